The fourth-order valence-corrected chi connectivity index (χ4v) is 8.00. The minimum atomic E-state index is -0.208. The SMILES string of the molecule is CCOC(=O)CCCCCCCOCCOC(C)CC.CCOC(=O)CCCCCCOCCOC(C)CC.CCOC(=O)CCCCCOCCOC(C)CC.CCOC(=O)CCCCOCCOC(C)CC.CCOC(=O)CCCOCCOC(C)CC.CCOC(=O)CCOCCOC(C)CC. The molecule has 0 aromatic heterocycles. The van der Waals surface area contributed by atoms with Crippen molar-refractivity contribution >= 4 is 35.8 Å². The quantitative estimate of drug-likeness (QED) is 0.0311. The van der Waals surface area contributed by atoms with Gasteiger partial charge in [0, 0.05) is 65.1 Å². The molecule has 0 aromatic rings. The van der Waals surface area contributed by atoms with E-state index in [2.05, 4.69) is 69.2 Å². The molecule has 6 unspecified atom stereocenters. The lowest BCUT2D eigenvalue weighted by molar-refractivity contribution is -0.145. The van der Waals surface area contributed by atoms with Crippen molar-refractivity contribution in [2.45, 2.75) is 335 Å². The third-order valence-electron chi connectivity index (χ3n) is 15.4. The fourth-order valence-electron chi connectivity index (χ4n) is 8.00. The van der Waals surface area contributed by atoms with Crippen molar-refractivity contribution < 1.29 is 114 Å². The van der Waals surface area contributed by atoms with Crippen LogP contribution in [0.15, 0.2) is 0 Å². The number of hydrogen-bond acceptors (Lipinski definition) is 24. The van der Waals surface area contributed by atoms with Crippen LogP contribution in [0, 0.1) is 0 Å². The standard InChI is InChI=1S/C16H32O4.C15H30O4.C14H28O4.C13H26O4.C12H24O4.C11H22O4/c1-4-15(3)20-14-13-18-12-10-8-6-7-9-11-16(17)19-5-2;1-4-14(3)19-13-12-17-11-9-7-6-8-10-15(16)18-5-2;1-4-13(3)18-12-11-16-10-8-6-7-9-14(15)17-5-2;1-4-12(3)17-11-10-15-9-7-6-8-13(14)16-5-2;1-4-11(3)16-10-9-14-8-6-7-12(13)15-5-2;1-4-10(3)15-9-8-13-7-6-11(12)14-5-2/h15H,4-14H2,1-3H3;14H,4-13H2,1-3H3;13H,4-12H2,1-3H3;12H,4-11H2,1-3H3;11H,4-10H2,1-3H3;10H,4-9H2,1-3H3. The van der Waals surface area contributed by atoms with Crippen molar-refractivity contribution in [3.8, 4) is 0 Å². The zero-order chi connectivity index (χ0) is 79.7. The largest absolute Gasteiger partial charge is 0.466 e. The molecular formula is C81H162O24. The highest BCUT2D eigenvalue weighted by molar-refractivity contribution is 5.70. The van der Waals surface area contributed by atoms with E-state index < -0.39 is 0 Å². The van der Waals surface area contributed by atoms with E-state index in [0.29, 0.717) is 214 Å². The zero-order valence-electron chi connectivity index (χ0n) is 70.3. The van der Waals surface area contributed by atoms with Gasteiger partial charge in [-0.1, -0.05) is 80.1 Å². The van der Waals surface area contributed by atoms with E-state index in [1.807, 2.05) is 41.5 Å². The Kier molecular flexibility index (Phi) is 103. The summed E-state index contributed by atoms with van der Waals surface area (Å²) in [6.45, 7) is 50.3. The molecule has 0 saturated carbocycles. The Labute approximate surface area is 640 Å². The van der Waals surface area contributed by atoms with Gasteiger partial charge in [0.15, 0.2) is 0 Å². The first-order valence-electron chi connectivity index (χ1n) is 40.8. The summed E-state index contributed by atoms with van der Waals surface area (Å²) in [5, 5.41) is 0. The molecule has 0 heterocycles. The van der Waals surface area contributed by atoms with Crippen LogP contribution in [0.5, 0.6) is 0 Å². The average molecular weight is 1520 g/mol. The van der Waals surface area contributed by atoms with Crippen LogP contribution in [0.25, 0.3) is 0 Å². The maximum absolute atomic E-state index is 11.1. The summed E-state index contributed by atoms with van der Waals surface area (Å²) in [6, 6.07) is 0. The molecule has 0 aliphatic heterocycles. The van der Waals surface area contributed by atoms with Gasteiger partial charge in [0.05, 0.1) is 169 Å². The molecule has 0 fully saturated rings. The molecule has 0 aliphatic rings. The molecule has 0 aromatic carbocycles. The van der Waals surface area contributed by atoms with Crippen molar-refractivity contribution in [2.75, 3.05) is 159 Å². The molecule has 24 nitrogen and oxygen atoms in total. The highest BCUT2D eigenvalue weighted by Crippen LogP contribution is 2.09. The smallest absolute Gasteiger partial charge is 0.308 e. The van der Waals surface area contributed by atoms with Crippen LogP contribution in [-0.4, -0.2) is 231 Å². The van der Waals surface area contributed by atoms with Gasteiger partial charge in [-0.25, -0.2) is 0 Å². The van der Waals surface area contributed by atoms with E-state index in [1.54, 1.807) is 13.8 Å². The molecule has 0 bridgehead atoms. The van der Waals surface area contributed by atoms with Gasteiger partial charge in [-0.3, -0.25) is 28.8 Å². The first-order valence-corrected chi connectivity index (χ1v) is 40.8. The topological polar surface area (TPSA) is 269 Å². The fraction of sp³-hybridized carbons (Fsp3) is 0.926. The molecule has 24 heteroatoms. The van der Waals surface area contributed by atoms with Crippen LogP contribution in [0.3, 0.4) is 0 Å². The number of rotatable bonds is 69. The normalized spacial score (nSPS) is 12.4. The Bertz CT molecular complexity index is 1770. The molecule has 0 saturated heterocycles. The highest BCUT2D eigenvalue weighted by Gasteiger charge is 2.08. The monoisotopic (exact) mass is 1520 g/mol. The molecule has 0 aliphatic carbocycles. The van der Waals surface area contributed by atoms with Gasteiger partial charge in [-0.2, -0.15) is 0 Å². The van der Waals surface area contributed by atoms with Crippen molar-refractivity contribution in [3.05, 3.63) is 0 Å². The first-order chi connectivity index (χ1) is 50.7. The Morgan fingerprint density at radius 1 is 0.181 bits per heavy atom. The van der Waals surface area contributed by atoms with Crippen molar-refractivity contribution in [1.82, 2.24) is 0 Å². The average Bonchev–Trinajstić information content (AvgIpc) is 3.50. The third kappa shape index (κ3) is 107. The van der Waals surface area contributed by atoms with Crippen LogP contribution in [0.4, 0.5) is 0 Å². The summed E-state index contributed by atoms with van der Waals surface area (Å²) in [6.07, 6.45) is 25.7. The van der Waals surface area contributed by atoms with E-state index in [4.69, 9.17) is 85.3 Å². The molecule has 6 atom stereocenters. The molecular weight excluding hydrogens is 1360 g/mol. The van der Waals surface area contributed by atoms with Gasteiger partial charge in [-0.15, -0.1) is 0 Å². The summed E-state index contributed by atoms with van der Waals surface area (Å²) >= 11 is 0. The third-order valence-corrected chi connectivity index (χ3v) is 15.4. The number of hydrogen-bond donors (Lipinski definition) is 0. The number of ether oxygens (including phenoxy) is 18. The van der Waals surface area contributed by atoms with Crippen LogP contribution in [0.1, 0.15) is 298 Å². The summed E-state index contributed by atoms with van der Waals surface area (Å²) in [5.74, 6) is -0.728. The first kappa shape index (κ1) is 112. The molecule has 0 radical (unpaired) electrons. The maximum atomic E-state index is 11.1. The van der Waals surface area contributed by atoms with Crippen molar-refractivity contribution in [1.29, 1.82) is 0 Å². The second-order valence-corrected chi connectivity index (χ2v) is 24.8. The predicted molar refractivity (Wildman–Crippen MR) is 416 cm³/mol. The number of carbonyl (C=O) groups excluding carboxylic acids is 6. The molecule has 0 spiro atoms. The van der Waals surface area contributed by atoms with Crippen LogP contribution in [0.2, 0.25) is 0 Å². The Hall–Kier alpha value is -3.66. The number of unbranched alkanes of at least 4 members (excludes halogenated alkanes) is 10. The van der Waals surface area contributed by atoms with Crippen molar-refractivity contribution in [2.24, 2.45) is 0 Å². The molecule has 0 N–H and O–H groups in total. The Morgan fingerprint density at radius 2 is 0.343 bits per heavy atom. The van der Waals surface area contributed by atoms with Crippen molar-refractivity contribution in [3.63, 3.8) is 0 Å². The summed E-state index contributed by atoms with van der Waals surface area (Å²) in [7, 11) is 0. The number of carbonyl (C=O) groups is 6. The van der Waals surface area contributed by atoms with Gasteiger partial charge in [-0.05, 0) is 179 Å². The van der Waals surface area contributed by atoms with Gasteiger partial charge in [0.25, 0.3) is 0 Å². The predicted octanol–water partition coefficient (Wildman–Crippen LogP) is 16.5. The molecule has 105 heavy (non-hydrogen) atoms. The Balaban J connectivity index is -0.000000281. The summed E-state index contributed by atoms with van der Waals surface area (Å²) in [4.78, 5) is 66.1. The Morgan fingerprint density at radius 3 is 0.571 bits per heavy atom. The van der Waals surface area contributed by atoms with Crippen LogP contribution >= 0.6 is 0 Å². The lowest BCUT2D eigenvalue weighted by Crippen LogP contribution is -2.14. The van der Waals surface area contributed by atoms with E-state index in [1.165, 1.54) is 0 Å². The van der Waals surface area contributed by atoms with E-state index >= 15 is 0 Å². The highest BCUT2D eigenvalue weighted by atomic mass is 16.6. The number of esters is 6. The van der Waals surface area contributed by atoms with E-state index in [0.717, 1.165) is 148 Å². The molecule has 630 valence electrons. The second kappa shape index (κ2) is 96.4. The lowest BCUT2D eigenvalue weighted by Gasteiger charge is -2.10. The lowest BCUT2D eigenvalue weighted by atomic mass is 10.1. The van der Waals surface area contributed by atoms with Crippen LogP contribution in [-0.2, 0) is 114 Å². The molecule has 0 rings (SSSR count). The minimum absolute atomic E-state index is 0.0721. The summed E-state index contributed by atoms with van der Waals surface area (Å²) in [5.41, 5.74) is 0. The van der Waals surface area contributed by atoms with Gasteiger partial charge in [0.1, 0.15) is 0 Å². The summed E-state index contributed by atoms with van der Waals surface area (Å²) < 4.78 is 94.2. The maximum Gasteiger partial charge on any atom is 0.308 e. The van der Waals surface area contributed by atoms with Crippen LogP contribution < -0.4 is 0 Å². The van der Waals surface area contributed by atoms with E-state index in [-0.39, 0.29) is 41.9 Å². The van der Waals surface area contributed by atoms with Gasteiger partial charge in [0.2, 0.25) is 0 Å². The van der Waals surface area contributed by atoms with E-state index in [9.17, 15) is 28.8 Å². The zero-order valence-corrected chi connectivity index (χ0v) is 70.3. The minimum Gasteiger partial charge on any atom is -0.466 e. The van der Waals surface area contributed by atoms with Gasteiger partial charge >= 0.3 is 35.8 Å². The second-order valence-electron chi connectivity index (χ2n) is 24.8. The molecule has 0 amide bonds. The van der Waals surface area contributed by atoms with Gasteiger partial charge < -0.3 is 85.3 Å².